The van der Waals surface area contributed by atoms with Crippen LogP contribution in [0.5, 0.6) is 0 Å². The zero-order chi connectivity index (χ0) is 14.9. The second-order valence-electron chi connectivity index (χ2n) is 5.47. The molecule has 0 saturated heterocycles. The van der Waals surface area contributed by atoms with Gasteiger partial charge in [-0.25, -0.2) is 0 Å². The number of Topliss-reactive ketones (excluding diaryl/α,β-unsaturated/α-hetero) is 2. The predicted octanol–water partition coefficient (Wildman–Crippen LogP) is 4.01. The zero-order valence-corrected chi connectivity index (χ0v) is 12.2. The molecule has 0 atom stereocenters. The van der Waals surface area contributed by atoms with Crippen LogP contribution in [0.2, 0.25) is 0 Å². The molecule has 2 rings (SSSR count). The topological polar surface area (TPSA) is 34.1 Å². The SMILES string of the molecule is C=CCC1=C(CC=C)C(=O)C2=C(CC(C)=C(C)C2)C1=O. The molecular weight excluding hydrogens is 248 g/mol. The highest BCUT2D eigenvalue weighted by atomic mass is 16.1. The standard InChI is InChI=1S/C18H20O2/c1-5-7-13-14(8-6-2)18(20)16-10-12(4)11(3)9-15(16)17(13)19/h5-6H,1-2,7-10H2,3-4H3. The smallest absolute Gasteiger partial charge is 0.186 e. The van der Waals surface area contributed by atoms with Crippen LogP contribution in [0.25, 0.3) is 0 Å². The van der Waals surface area contributed by atoms with Gasteiger partial charge >= 0.3 is 0 Å². The van der Waals surface area contributed by atoms with Gasteiger partial charge < -0.3 is 0 Å². The predicted molar refractivity (Wildman–Crippen MR) is 81.3 cm³/mol. The molecule has 20 heavy (non-hydrogen) atoms. The fourth-order valence-corrected chi connectivity index (χ4v) is 2.84. The van der Waals surface area contributed by atoms with Gasteiger partial charge in [-0.05, 0) is 39.5 Å². The molecule has 2 nitrogen and oxygen atoms in total. The highest BCUT2D eigenvalue weighted by molar-refractivity contribution is 6.25. The quantitative estimate of drug-likeness (QED) is 0.570. The number of hydrogen-bond donors (Lipinski definition) is 0. The molecule has 0 fully saturated rings. The molecular formula is C18H20O2. The van der Waals surface area contributed by atoms with Crippen molar-refractivity contribution >= 4 is 11.6 Å². The Bertz CT molecular complexity index is 557. The second-order valence-corrected chi connectivity index (χ2v) is 5.47. The maximum atomic E-state index is 12.7. The lowest BCUT2D eigenvalue weighted by Gasteiger charge is -2.27. The van der Waals surface area contributed by atoms with Gasteiger partial charge in [0.05, 0.1) is 0 Å². The molecule has 0 aliphatic heterocycles. The zero-order valence-electron chi connectivity index (χ0n) is 12.2. The summed E-state index contributed by atoms with van der Waals surface area (Å²) < 4.78 is 0. The van der Waals surface area contributed by atoms with Gasteiger partial charge in [0, 0.05) is 22.3 Å². The second kappa shape index (κ2) is 5.58. The Balaban J connectivity index is 2.50. The lowest BCUT2D eigenvalue weighted by Crippen LogP contribution is -2.26. The number of allylic oxidation sites excluding steroid dienone is 8. The highest BCUT2D eigenvalue weighted by Gasteiger charge is 2.34. The normalized spacial score (nSPS) is 19.5. The van der Waals surface area contributed by atoms with Crippen molar-refractivity contribution in [2.45, 2.75) is 39.5 Å². The van der Waals surface area contributed by atoms with E-state index in [-0.39, 0.29) is 11.6 Å². The molecule has 2 aliphatic rings. The molecule has 0 radical (unpaired) electrons. The summed E-state index contributed by atoms with van der Waals surface area (Å²) in [6.07, 6.45) is 5.48. The van der Waals surface area contributed by atoms with Crippen molar-refractivity contribution in [1.29, 1.82) is 0 Å². The Morgan fingerprint density at radius 1 is 0.850 bits per heavy atom. The first kappa shape index (κ1) is 14.4. The monoisotopic (exact) mass is 268 g/mol. The third-order valence-corrected chi connectivity index (χ3v) is 4.13. The summed E-state index contributed by atoms with van der Waals surface area (Å²) >= 11 is 0. The van der Waals surface area contributed by atoms with Crippen molar-refractivity contribution in [2.75, 3.05) is 0 Å². The number of rotatable bonds is 4. The first-order valence-electron chi connectivity index (χ1n) is 6.91. The Hall–Kier alpha value is -1.96. The van der Waals surface area contributed by atoms with Crippen molar-refractivity contribution in [2.24, 2.45) is 0 Å². The molecule has 0 unspecified atom stereocenters. The third-order valence-electron chi connectivity index (χ3n) is 4.13. The Kier molecular flexibility index (Phi) is 4.03. The molecule has 0 N–H and O–H groups in total. The molecule has 0 amide bonds. The molecule has 104 valence electrons. The molecule has 0 saturated carbocycles. The van der Waals surface area contributed by atoms with Crippen molar-refractivity contribution in [1.82, 2.24) is 0 Å². The molecule has 0 spiro atoms. The average Bonchev–Trinajstić information content (AvgIpc) is 2.42. The van der Waals surface area contributed by atoms with Crippen LogP contribution in [0.15, 0.2) is 58.7 Å². The summed E-state index contributed by atoms with van der Waals surface area (Å²) in [4.78, 5) is 25.3. The number of carbonyl (C=O) groups excluding carboxylic acids is 2. The Morgan fingerprint density at radius 2 is 1.20 bits per heavy atom. The summed E-state index contributed by atoms with van der Waals surface area (Å²) in [7, 11) is 0. The Labute approximate surface area is 120 Å². The van der Waals surface area contributed by atoms with Crippen LogP contribution >= 0.6 is 0 Å². The maximum Gasteiger partial charge on any atom is 0.186 e. The van der Waals surface area contributed by atoms with E-state index >= 15 is 0 Å². The van der Waals surface area contributed by atoms with Crippen LogP contribution in [0.3, 0.4) is 0 Å². The minimum atomic E-state index is 0.0307. The average molecular weight is 268 g/mol. The van der Waals surface area contributed by atoms with Gasteiger partial charge in [-0.3, -0.25) is 9.59 Å². The van der Waals surface area contributed by atoms with E-state index in [4.69, 9.17) is 0 Å². The van der Waals surface area contributed by atoms with Crippen molar-refractivity contribution in [3.63, 3.8) is 0 Å². The largest absolute Gasteiger partial charge is 0.289 e. The van der Waals surface area contributed by atoms with Gasteiger partial charge in [0.1, 0.15) is 0 Å². The van der Waals surface area contributed by atoms with Gasteiger partial charge in [-0.1, -0.05) is 23.3 Å². The van der Waals surface area contributed by atoms with Crippen LogP contribution < -0.4 is 0 Å². The van der Waals surface area contributed by atoms with Gasteiger partial charge in [0.25, 0.3) is 0 Å². The molecule has 2 aliphatic carbocycles. The lowest BCUT2D eigenvalue weighted by atomic mass is 9.74. The van der Waals surface area contributed by atoms with Crippen LogP contribution in [-0.2, 0) is 9.59 Å². The number of hydrogen-bond acceptors (Lipinski definition) is 2. The molecule has 0 heterocycles. The van der Waals surface area contributed by atoms with Crippen LogP contribution in [0, 0.1) is 0 Å². The summed E-state index contributed by atoms with van der Waals surface area (Å²) in [5.41, 5.74) is 5.02. The molecule has 0 bridgehead atoms. The van der Waals surface area contributed by atoms with Crippen LogP contribution in [-0.4, -0.2) is 11.6 Å². The van der Waals surface area contributed by atoms with Gasteiger partial charge in [0.15, 0.2) is 11.6 Å². The number of carbonyl (C=O) groups is 2. The number of ketones is 2. The van der Waals surface area contributed by atoms with Gasteiger partial charge in [0.2, 0.25) is 0 Å². The fourth-order valence-electron chi connectivity index (χ4n) is 2.84. The van der Waals surface area contributed by atoms with E-state index in [1.54, 1.807) is 12.2 Å². The maximum absolute atomic E-state index is 12.7. The van der Waals surface area contributed by atoms with Crippen LogP contribution in [0.4, 0.5) is 0 Å². The van der Waals surface area contributed by atoms with E-state index in [2.05, 4.69) is 13.2 Å². The highest BCUT2D eigenvalue weighted by Crippen LogP contribution is 2.38. The van der Waals surface area contributed by atoms with Crippen molar-refractivity contribution < 1.29 is 9.59 Å². The van der Waals surface area contributed by atoms with E-state index in [0.717, 1.165) is 0 Å². The summed E-state index contributed by atoms with van der Waals surface area (Å²) in [6.45, 7) is 11.5. The van der Waals surface area contributed by atoms with E-state index in [9.17, 15) is 9.59 Å². The summed E-state index contributed by atoms with van der Waals surface area (Å²) in [5.74, 6) is 0.0615. The van der Waals surface area contributed by atoms with E-state index < -0.39 is 0 Å². The van der Waals surface area contributed by atoms with E-state index in [1.807, 2.05) is 13.8 Å². The van der Waals surface area contributed by atoms with Crippen LogP contribution in [0.1, 0.15) is 39.5 Å². The third kappa shape index (κ3) is 2.26. The molecule has 0 aromatic rings. The molecule has 2 heteroatoms. The molecule has 0 aromatic carbocycles. The summed E-state index contributed by atoms with van der Waals surface area (Å²) in [5, 5.41) is 0. The minimum Gasteiger partial charge on any atom is -0.289 e. The summed E-state index contributed by atoms with van der Waals surface area (Å²) in [6, 6.07) is 0. The van der Waals surface area contributed by atoms with Gasteiger partial charge in [-0.15, -0.1) is 13.2 Å². The fraction of sp³-hybridized carbons (Fsp3) is 0.333. The van der Waals surface area contributed by atoms with Gasteiger partial charge in [-0.2, -0.15) is 0 Å². The first-order valence-corrected chi connectivity index (χ1v) is 6.91. The van der Waals surface area contributed by atoms with E-state index in [0.29, 0.717) is 48.0 Å². The van der Waals surface area contributed by atoms with E-state index in [1.165, 1.54) is 11.1 Å². The Morgan fingerprint density at radius 3 is 1.50 bits per heavy atom. The van der Waals surface area contributed by atoms with Crippen molar-refractivity contribution in [3.8, 4) is 0 Å². The van der Waals surface area contributed by atoms with Crippen molar-refractivity contribution in [3.05, 3.63) is 58.7 Å². The lowest BCUT2D eigenvalue weighted by molar-refractivity contribution is -0.116. The first-order chi connectivity index (χ1) is 9.51. The minimum absolute atomic E-state index is 0.0307. The molecule has 0 aromatic heterocycles.